The number of primary amides is 1. The largest absolute Gasteiger partial charge is 0.484 e. The quantitative estimate of drug-likeness (QED) is 0.549. The third-order valence-corrected chi connectivity index (χ3v) is 1.81. The number of benzene rings is 1. The highest BCUT2D eigenvalue weighted by Gasteiger charge is 2.11. The molecule has 0 radical (unpaired) electrons. The number of amides is 1. The third kappa shape index (κ3) is 2.88. The Morgan fingerprint density at radius 1 is 1.38 bits per heavy atom. The SMILES string of the molecule is COC(=O)c1cc(OCC(N)=O)ccc1N. The molecule has 0 fully saturated rings. The average molecular weight is 224 g/mol. The van der Waals surface area contributed by atoms with Crippen molar-refractivity contribution in [3.05, 3.63) is 23.8 Å². The van der Waals surface area contributed by atoms with Gasteiger partial charge in [0, 0.05) is 5.69 Å². The van der Waals surface area contributed by atoms with E-state index in [1.165, 1.54) is 25.3 Å². The molecule has 0 spiro atoms. The standard InChI is InChI=1S/C10H12N2O4/c1-15-10(14)7-4-6(2-3-8(7)11)16-5-9(12)13/h2-4H,5,11H2,1H3,(H2,12,13). The molecule has 0 aliphatic rings. The lowest BCUT2D eigenvalue weighted by Gasteiger charge is -2.07. The molecule has 6 nitrogen and oxygen atoms in total. The predicted molar refractivity (Wildman–Crippen MR) is 56.9 cm³/mol. The molecule has 16 heavy (non-hydrogen) atoms. The number of nitrogens with two attached hydrogens (primary N) is 2. The fourth-order valence-corrected chi connectivity index (χ4v) is 1.07. The molecule has 1 aromatic rings. The van der Waals surface area contributed by atoms with Crippen LogP contribution in [0.2, 0.25) is 0 Å². The van der Waals surface area contributed by atoms with Gasteiger partial charge in [0.1, 0.15) is 5.75 Å². The number of nitrogen functional groups attached to an aromatic ring is 1. The molecular weight excluding hydrogens is 212 g/mol. The van der Waals surface area contributed by atoms with Gasteiger partial charge in [0.25, 0.3) is 5.91 Å². The highest BCUT2D eigenvalue weighted by Crippen LogP contribution is 2.20. The highest BCUT2D eigenvalue weighted by atomic mass is 16.5. The normalized spacial score (nSPS) is 9.56. The molecule has 0 bridgehead atoms. The lowest BCUT2D eigenvalue weighted by Crippen LogP contribution is -2.20. The Hall–Kier alpha value is -2.24. The van der Waals surface area contributed by atoms with E-state index in [1.54, 1.807) is 0 Å². The maximum absolute atomic E-state index is 11.3. The van der Waals surface area contributed by atoms with Crippen molar-refractivity contribution >= 4 is 17.6 Å². The van der Waals surface area contributed by atoms with Gasteiger partial charge in [0.05, 0.1) is 12.7 Å². The molecule has 0 heterocycles. The van der Waals surface area contributed by atoms with E-state index in [0.29, 0.717) is 5.75 Å². The Bertz CT molecular complexity index is 417. The van der Waals surface area contributed by atoms with Gasteiger partial charge in [-0.15, -0.1) is 0 Å². The van der Waals surface area contributed by atoms with E-state index >= 15 is 0 Å². The Labute approximate surface area is 92.1 Å². The second-order valence-electron chi connectivity index (χ2n) is 3.00. The molecule has 1 aromatic carbocycles. The zero-order valence-corrected chi connectivity index (χ0v) is 8.73. The van der Waals surface area contributed by atoms with Crippen molar-refractivity contribution in [3.8, 4) is 5.75 Å². The van der Waals surface area contributed by atoms with E-state index in [-0.39, 0.29) is 17.9 Å². The summed E-state index contributed by atoms with van der Waals surface area (Å²) >= 11 is 0. The Kier molecular flexibility index (Phi) is 3.71. The summed E-state index contributed by atoms with van der Waals surface area (Å²) in [4.78, 5) is 21.8. The van der Waals surface area contributed by atoms with Gasteiger partial charge in [0.15, 0.2) is 6.61 Å². The van der Waals surface area contributed by atoms with Crippen molar-refractivity contribution in [2.75, 3.05) is 19.5 Å². The molecule has 0 aliphatic carbocycles. The summed E-state index contributed by atoms with van der Waals surface area (Å²) in [5, 5.41) is 0. The topological polar surface area (TPSA) is 105 Å². The number of carbonyl (C=O) groups excluding carboxylic acids is 2. The molecule has 4 N–H and O–H groups in total. The van der Waals surface area contributed by atoms with Crippen LogP contribution in [-0.4, -0.2) is 25.6 Å². The van der Waals surface area contributed by atoms with Crippen LogP contribution in [0.25, 0.3) is 0 Å². The number of methoxy groups -OCH3 is 1. The van der Waals surface area contributed by atoms with Crippen molar-refractivity contribution in [2.45, 2.75) is 0 Å². The number of hydrogen-bond donors (Lipinski definition) is 2. The number of esters is 1. The molecule has 0 saturated carbocycles. The molecule has 1 rings (SSSR count). The van der Waals surface area contributed by atoms with Crippen LogP contribution in [0.4, 0.5) is 5.69 Å². The lowest BCUT2D eigenvalue weighted by molar-refractivity contribution is -0.119. The van der Waals surface area contributed by atoms with E-state index in [4.69, 9.17) is 16.2 Å². The van der Waals surface area contributed by atoms with Crippen LogP contribution in [0.15, 0.2) is 18.2 Å². The predicted octanol–water partition coefficient (Wildman–Crippen LogP) is -0.0805. The van der Waals surface area contributed by atoms with Gasteiger partial charge in [-0.1, -0.05) is 0 Å². The minimum absolute atomic E-state index is 0.185. The van der Waals surface area contributed by atoms with Gasteiger partial charge in [-0.05, 0) is 18.2 Å². The van der Waals surface area contributed by atoms with Gasteiger partial charge < -0.3 is 20.9 Å². The fraction of sp³-hybridized carbons (Fsp3) is 0.200. The van der Waals surface area contributed by atoms with E-state index in [9.17, 15) is 9.59 Å². The summed E-state index contributed by atoms with van der Waals surface area (Å²) in [5.74, 6) is -0.841. The van der Waals surface area contributed by atoms with E-state index in [2.05, 4.69) is 4.74 Å². The third-order valence-electron chi connectivity index (χ3n) is 1.81. The molecule has 86 valence electrons. The second kappa shape index (κ2) is 5.01. The fourth-order valence-electron chi connectivity index (χ4n) is 1.07. The van der Waals surface area contributed by atoms with Crippen LogP contribution in [0, 0.1) is 0 Å². The van der Waals surface area contributed by atoms with Crippen molar-refractivity contribution in [2.24, 2.45) is 5.73 Å². The van der Waals surface area contributed by atoms with Crippen LogP contribution in [0.1, 0.15) is 10.4 Å². The Morgan fingerprint density at radius 2 is 2.06 bits per heavy atom. The van der Waals surface area contributed by atoms with Crippen LogP contribution in [0.5, 0.6) is 5.75 Å². The van der Waals surface area contributed by atoms with Gasteiger partial charge in [-0.25, -0.2) is 4.79 Å². The smallest absolute Gasteiger partial charge is 0.340 e. The van der Waals surface area contributed by atoms with Crippen molar-refractivity contribution in [1.29, 1.82) is 0 Å². The summed E-state index contributed by atoms with van der Waals surface area (Å²) in [6.07, 6.45) is 0. The number of anilines is 1. The molecule has 0 saturated heterocycles. The molecule has 1 amide bonds. The second-order valence-corrected chi connectivity index (χ2v) is 3.00. The van der Waals surface area contributed by atoms with Crippen molar-refractivity contribution in [3.63, 3.8) is 0 Å². The van der Waals surface area contributed by atoms with E-state index in [1.807, 2.05) is 0 Å². The summed E-state index contributed by atoms with van der Waals surface area (Å²) < 4.78 is 9.55. The van der Waals surface area contributed by atoms with Gasteiger partial charge in [-0.2, -0.15) is 0 Å². The number of rotatable bonds is 4. The van der Waals surface area contributed by atoms with Crippen molar-refractivity contribution < 1.29 is 19.1 Å². The minimum Gasteiger partial charge on any atom is -0.484 e. The Balaban J connectivity index is 2.89. The molecule has 6 heteroatoms. The zero-order chi connectivity index (χ0) is 12.1. The molecule has 0 aromatic heterocycles. The van der Waals surface area contributed by atoms with Crippen molar-refractivity contribution in [1.82, 2.24) is 0 Å². The van der Waals surface area contributed by atoms with Gasteiger partial charge in [0.2, 0.25) is 0 Å². The summed E-state index contributed by atoms with van der Waals surface area (Å²) in [6.45, 7) is -0.259. The molecule has 0 aliphatic heterocycles. The molecule has 0 unspecified atom stereocenters. The average Bonchev–Trinajstić information content (AvgIpc) is 2.27. The van der Waals surface area contributed by atoms with Crippen LogP contribution in [0.3, 0.4) is 0 Å². The monoisotopic (exact) mass is 224 g/mol. The number of hydrogen-bond acceptors (Lipinski definition) is 5. The van der Waals surface area contributed by atoms with Crippen LogP contribution in [-0.2, 0) is 9.53 Å². The van der Waals surface area contributed by atoms with Crippen LogP contribution < -0.4 is 16.2 Å². The van der Waals surface area contributed by atoms with Crippen LogP contribution >= 0.6 is 0 Å². The molecule has 0 atom stereocenters. The highest BCUT2D eigenvalue weighted by molar-refractivity contribution is 5.95. The first kappa shape index (κ1) is 11.8. The zero-order valence-electron chi connectivity index (χ0n) is 8.73. The maximum Gasteiger partial charge on any atom is 0.340 e. The van der Waals surface area contributed by atoms with Gasteiger partial charge >= 0.3 is 5.97 Å². The molecular formula is C10H12N2O4. The Morgan fingerprint density at radius 3 is 2.62 bits per heavy atom. The summed E-state index contributed by atoms with van der Waals surface area (Å²) in [7, 11) is 1.25. The van der Waals surface area contributed by atoms with E-state index in [0.717, 1.165) is 0 Å². The number of ether oxygens (including phenoxy) is 2. The first-order valence-electron chi connectivity index (χ1n) is 4.43. The lowest BCUT2D eigenvalue weighted by atomic mass is 10.2. The minimum atomic E-state index is -0.601. The maximum atomic E-state index is 11.3. The van der Waals surface area contributed by atoms with Gasteiger partial charge in [-0.3, -0.25) is 4.79 Å². The first-order chi connectivity index (χ1) is 7.54. The van der Waals surface area contributed by atoms with E-state index < -0.39 is 11.9 Å². The first-order valence-corrected chi connectivity index (χ1v) is 4.43. The summed E-state index contributed by atoms with van der Waals surface area (Å²) in [5.41, 5.74) is 10.9. The summed E-state index contributed by atoms with van der Waals surface area (Å²) in [6, 6.07) is 4.41. The number of carbonyl (C=O) groups is 2.